The Labute approximate surface area is 143 Å². The standard InChI is InChI=1S/C18H38N4O/c1-9-19-16(22-14(2)10-11-17(3,4)5)21-13-12-20-15(23)18(6,7)8/h14H,9-13H2,1-8H3,(H,20,23)(H2,19,21,22). The average molecular weight is 327 g/mol. The molecular weight excluding hydrogens is 288 g/mol. The highest BCUT2D eigenvalue weighted by molar-refractivity contribution is 5.81. The van der Waals surface area contributed by atoms with Gasteiger partial charge in [0.1, 0.15) is 0 Å². The van der Waals surface area contributed by atoms with Crippen LogP contribution in [-0.2, 0) is 4.79 Å². The fourth-order valence-corrected chi connectivity index (χ4v) is 1.88. The summed E-state index contributed by atoms with van der Waals surface area (Å²) in [6.45, 7) is 18.7. The third-order valence-corrected chi connectivity index (χ3v) is 3.40. The van der Waals surface area contributed by atoms with Crippen molar-refractivity contribution in [2.24, 2.45) is 15.8 Å². The van der Waals surface area contributed by atoms with Crippen LogP contribution in [0.15, 0.2) is 4.99 Å². The van der Waals surface area contributed by atoms with E-state index in [-0.39, 0.29) is 11.3 Å². The van der Waals surface area contributed by atoms with Crippen LogP contribution in [0.4, 0.5) is 0 Å². The van der Waals surface area contributed by atoms with Crippen molar-refractivity contribution < 1.29 is 4.79 Å². The molecule has 3 N–H and O–H groups in total. The maximum absolute atomic E-state index is 11.8. The molecule has 0 fully saturated rings. The Balaban J connectivity index is 4.30. The van der Waals surface area contributed by atoms with Gasteiger partial charge < -0.3 is 16.0 Å². The Morgan fingerprint density at radius 3 is 2.17 bits per heavy atom. The van der Waals surface area contributed by atoms with E-state index < -0.39 is 0 Å². The number of guanidine groups is 1. The number of nitrogens with zero attached hydrogens (tertiary/aromatic N) is 1. The zero-order valence-corrected chi connectivity index (χ0v) is 16.5. The SMILES string of the molecule is CCNC(=NCCNC(=O)C(C)(C)C)NC(C)CCC(C)(C)C. The van der Waals surface area contributed by atoms with E-state index in [0.29, 0.717) is 24.5 Å². The van der Waals surface area contributed by atoms with Crippen LogP contribution in [0.2, 0.25) is 0 Å². The summed E-state index contributed by atoms with van der Waals surface area (Å²) in [5.74, 6) is 0.878. The zero-order chi connectivity index (χ0) is 18.1. The van der Waals surface area contributed by atoms with Crippen LogP contribution in [0, 0.1) is 10.8 Å². The van der Waals surface area contributed by atoms with Gasteiger partial charge in [-0.1, -0.05) is 41.5 Å². The van der Waals surface area contributed by atoms with Crippen LogP contribution in [0.25, 0.3) is 0 Å². The summed E-state index contributed by atoms with van der Waals surface area (Å²) < 4.78 is 0. The molecule has 0 aliphatic heterocycles. The molecule has 5 nitrogen and oxygen atoms in total. The molecule has 0 radical (unpaired) electrons. The predicted molar refractivity (Wildman–Crippen MR) is 99.7 cm³/mol. The van der Waals surface area contributed by atoms with Gasteiger partial charge in [-0.3, -0.25) is 9.79 Å². The minimum atomic E-state index is -0.353. The lowest BCUT2D eigenvalue weighted by Gasteiger charge is -2.23. The first-order chi connectivity index (χ1) is 10.5. The maximum Gasteiger partial charge on any atom is 0.225 e. The van der Waals surface area contributed by atoms with Gasteiger partial charge in [-0.05, 0) is 32.1 Å². The lowest BCUT2D eigenvalue weighted by atomic mass is 9.89. The largest absolute Gasteiger partial charge is 0.357 e. The van der Waals surface area contributed by atoms with E-state index in [1.54, 1.807) is 0 Å². The molecule has 0 aromatic carbocycles. The van der Waals surface area contributed by atoms with Crippen LogP contribution in [0.5, 0.6) is 0 Å². The van der Waals surface area contributed by atoms with Gasteiger partial charge in [-0.15, -0.1) is 0 Å². The summed E-state index contributed by atoms with van der Waals surface area (Å²) in [6, 6.07) is 0.371. The highest BCUT2D eigenvalue weighted by Gasteiger charge is 2.20. The Morgan fingerprint density at radius 2 is 1.70 bits per heavy atom. The molecule has 1 amide bonds. The lowest BCUT2D eigenvalue weighted by Crippen LogP contribution is -2.43. The van der Waals surface area contributed by atoms with E-state index >= 15 is 0 Å². The van der Waals surface area contributed by atoms with Gasteiger partial charge >= 0.3 is 0 Å². The Bertz CT molecular complexity index is 377. The van der Waals surface area contributed by atoms with Crippen molar-refractivity contribution in [2.45, 2.75) is 74.3 Å². The third-order valence-electron chi connectivity index (χ3n) is 3.40. The minimum absolute atomic E-state index is 0.0594. The van der Waals surface area contributed by atoms with E-state index in [4.69, 9.17) is 0 Å². The first kappa shape index (κ1) is 21.7. The fraction of sp³-hybridized carbons (Fsp3) is 0.889. The van der Waals surface area contributed by atoms with E-state index in [0.717, 1.165) is 18.9 Å². The van der Waals surface area contributed by atoms with E-state index in [1.807, 2.05) is 20.8 Å². The number of hydrogen-bond acceptors (Lipinski definition) is 2. The molecule has 0 saturated carbocycles. The quantitative estimate of drug-likeness (QED) is 0.383. The van der Waals surface area contributed by atoms with Crippen LogP contribution < -0.4 is 16.0 Å². The van der Waals surface area contributed by atoms with Crippen molar-refractivity contribution in [3.05, 3.63) is 0 Å². The van der Waals surface area contributed by atoms with Gasteiger partial charge in [-0.2, -0.15) is 0 Å². The number of aliphatic imine (C=N–C) groups is 1. The second-order valence-corrected chi connectivity index (χ2v) is 8.41. The molecule has 0 aliphatic rings. The normalized spacial score (nSPS) is 14.3. The molecule has 136 valence electrons. The van der Waals surface area contributed by atoms with Gasteiger partial charge in [0.05, 0.1) is 6.54 Å². The van der Waals surface area contributed by atoms with Crippen molar-refractivity contribution in [1.82, 2.24) is 16.0 Å². The van der Waals surface area contributed by atoms with Crippen molar-refractivity contribution in [3.8, 4) is 0 Å². The van der Waals surface area contributed by atoms with Gasteiger partial charge in [0.15, 0.2) is 5.96 Å². The van der Waals surface area contributed by atoms with E-state index in [2.05, 4.69) is 55.6 Å². The van der Waals surface area contributed by atoms with E-state index in [1.165, 1.54) is 6.42 Å². The van der Waals surface area contributed by atoms with Gasteiger partial charge in [-0.25, -0.2) is 0 Å². The summed E-state index contributed by atoms with van der Waals surface area (Å²) >= 11 is 0. The maximum atomic E-state index is 11.8. The average Bonchev–Trinajstić information content (AvgIpc) is 2.39. The smallest absolute Gasteiger partial charge is 0.225 e. The molecule has 0 rings (SSSR count). The molecule has 0 aromatic rings. The second-order valence-electron chi connectivity index (χ2n) is 8.41. The summed E-state index contributed by atoms with van der Waals surface area (Å²) in [6.07, 6.45) is 2.27. The summed E-state index contributed by atoms with van der Waals surface area (Å²) in [5, 5.41) is 9.61. The van der Waals surface area contributed by atoms with Crippen molar-refractivity contribution in [3.63, 3.8) is 0 Å². The van der Waals surface area contributed by atoms with E-state index in [9.17, 15) is 4.79 Å². The molecule has 0 bridgehead atoms. The van der Waals surface area contributed by atoms with Crippen LogP contribution in [0.1, 0.15) is 68.2 Å². The van der Waals surface area contributed by atoms with Gasteiger partial charge in [0, 0.05) is 24.5 Å². The Hall–Kier alpha value is -1.26. The first-order valence-corrected chi connectivity index (χ1v) is 8.79. The highest BCUT2D eigenvalue weighted by atomic mass is 16.2. The molecule has 1 unspecified atom stereocenters. The number of carbonyl (C=O) groups is 1. The van der Waals surface area contributed by atoms with Crippen molar-refractivity contribution in [2.75, 3.05) is 19.6 Å². The number of amides is 1. The zero-order valence-electron chi connectivity index (χ0n) is 16.5. The third kappa shape index (κ3) is 11.9. The van der Waals surface area contributed by atoms with Crippen molar-refractivity contribution in [1.29, 1.82) is 0 Å². The monoisotopic (exact) mass is 326 g/mol. The van der Waals surface area contributed by atoms with Gasteiger partial charge in [0.25, 0.3) is 0 Å². The molecule has 1 atom stereocenters. The summed E-state index contributed by atoms with van der Waals surface area (Å²) in [4.78, 5) is 16.3. The number of hydrogen-bond donors (Lipinski definition) is 3. The molecule has 23 heavy (non-hydrogen) atoms. The number of carbonyl (C=O) groups excluding carboxylic acids is 1. The molecule has 0 spiro atoms. The van der Waals surface area contributed by atoms with Crippen LogP contribution in [0.3, 0.4) is 0 Å². The summed E-state index contributed by atoms with van der Waals surface area (Å²) in [7, 11) is 0. The molecule has 0 heterocycles. The molecule has 0 saturated heterocycles. The minimum Gasteiger partial charge on any atom is -0.357 e. The fourth-order valence-electron chi connectivity index (χ4n) is 1.88. The predicted octanol–water partition coefficient (Wildman–Crippen LogP) is 2.92. The lowest BCUT2D eigenvalue weighted by molar-refractivity contribution is -0.128. The molecule has 0 aromatic heterocycles. The number of rotatable bonds is 7. The molecule has 5 heteroatoms. The molecular formula is C18H38N4O. The summed E-state index contributed by atoms with van der Waals surface area (Å²) in [5.41, 5.74) is -0.00337. The van der Waals surface area contributed by atoms with Gasteiger partial charge in [0.2, 0.25) is 5.91 Å². The first-order valence-electron chi connectivity index (χ1n) is 8.79. The van der Waals surface area contributed by atoms with Crippen LogP contribution in [-0.4, -0.2) is 37.5 Å². The highest BCUT2D eigenvalue weighted by Crippen LogP contribution is 2.21. The second kappa shape index (κ2) is 9.78. The topological polar surface area (TPSA) is 65.5 Å². The number of nitrogens with one attached hydrogen (secondary N) is 3. The Kier molecular flexibility index (Phi) is 9.25. The Morgan fingerprint density at radius 1 is 1.09 bits per heavy atom. The molecule has 0 aliphatic carbocycles. The van der Waals surface area contributed by atoms with Crippen LogP contribution >= 0.6 is 0 Å². The van der Waals surface area contributed by atoms with Crippen molar-refractivity contribution >= 4 is 11.9 Å².